The van der Waals surface area contributed by atoms with Gasteiger partial charge in [-0.1, -0.05) is 12.1 Å². The van der Waals surface area contributed by atoms with Gasteiger partial charge in [-0.3, -0.25) is 4.79 Å². The van der Waals surface area contributed by atoms with Crippen LogP contribution >= 0.6 is 0 Å². The second-order valence-electron chi connectivity index (χ2n) is 5.88. The third-order valence-electron chi connectivity index (χ3n) is 4.50. The van der Waals surface area contributed by atoms with Crippen molar-refractivity contribution in [2.75, 3.05) is 32.2 Å². The summed E-state index contributed by atoms with van der Waals surface area (Å²) in [7, 11) is 4.02. The van der Waals surface area contributed by atoms with Gasteiger partial charge in [0.15, 0.2) is 0 Å². The Morgan fingerprint density at radius 3 is 2.32 bits per heavy atom. The van der Waals surface area contributed by atoms with Crippen molar-refractivity contribution in [3.05, 3.63) is 29.8 Å². The molecule has 2 unspecified atom stereocenters. The van der Waals surface area contributed by atoms with Crippen LogP contribution in [0.3, 0.4) is 0 Å². The maximum absolute atomic E-state index is 11.1. The third kappa shape index (κ3) is 1.91. The van der Waals surface area contributed by atoms with Crippen molar-refractivity contribution < 1.29 is 14.6 Å². The van der Waals surface area contributed by atoms with Gasteiger partial charge in [-0.25, -0.2) is 0 Å². The van der Waals surface area contributed by atoms with E-state index in [0.717, 1.165) is 12.1 Å². The number of benzene rings is 1. The molecule has 1 heterocycles. The van der Waals surface area contributed by atoms with Crippen LogP contribution in [0.2, 0.25) is 0 Å². The first-order chi connectivity index (χ1) is 9.04. The summed E-state index contributed by atoms with van der Waals surface area (Å²) in [6.45, 7) is 1.31. The molecule has 0 spiro atoms. The molecule has 2 fully saturated rings. The van der Waals surface area contributed by atoms with Crippen LogP contribution in [0.25, 0.3) is 0 Å². The maximum atomic E-state index is 11.1. The van der Waals surface area contributed by atoms with Crippen molar-refractivity contribution in [1.29, 1.82) is 0 Å². The molecule has 0 radical (unpaired) electrons. The first-order valence-electron chi connectivity index (χ1n) is 6.63. The molecule has 1 saturated carbocycles. The minimum absolute atomic E-state index is 0.0616. The average molecular weight is 261 g/mol. The molecule has 1 aliphatic heterocycles. The van der Waals surface area contributed by atoms with E-state index in [1.54, 1.807) is 0 Å². The van der Waals surface area contributed by atoms with Crippen molar-refractivity contribution >= 4 is 11.7 Å². The van der Waals surface area contributed by atoms with Crippen LogP contribution in [0.5, 0.6) is 0 Å². The standard InChI is InChI=1S/C15H19NO3/c1-16(2)11-5-3-10(4-6-11)15(8-19-9-15)13-7-12(13)14(17)18/h3-6,12-13H,7-9H2,1-2H3,(H,17,18). The molecule has 2 aliphatic rings. The molecule has 1 aromatic rings. The number of rotatable bonds is 4. The van der Waals surface area contributed by atoms with Gasteiger partial charge in [0.25, 0.3) is 0 Å². The van der Waals surface area contributed by atoms with Crippen LogP contribution in [-0.2, 0) is 14.9 Å². The fourth-order valence-electron chi connectivity index (χ4n) is 3.09. The van der Waals surface area contributed by atoms with E-state index in [1.165, 1.54) is 5.56 Å². The first kappa shape index (κ1) is 12.5. The van der Waals surface area contributed by atoms with E-state index in [2.05, 4.69) is 29.2 Å². The van der Waals surface area contributed by atoms with Gasteiger partial charge in [-0.2, -0.15) is 0 Å². The smallest absolute Gasteiger partial charge is 0.306 e. The molecule has 3 rings (SSSR count). The number of anilines is 1. The lowest BCUT2D eigenvalue weighted by Gasteiger charge is -2.43. The quantitative estimate of drug-likeness (QED) is 0.897. The highest BCUT2D eigenvalue weighted by Gasteiger charge is 2.60. The minimum Gasteiger partial charge on any atom is -0.481 e. The second kappa shape index (κ2) is 4.23. The highest BCUT2D eigenvalue weighted by Crippen LogP contribution is 2.55. The van der Waals surface area contributed by atoms with Crippen LogP contribution in [0.15, 0.2) is 24.3 Å². The first-order valence-corrected chi connectivity index (χ1v) is 6.63. The van der Waals surface area contributed by atoms with Gasteiger partial charge in [-0.05, 0) is 30.0 Å². The molecule has 1 N–H and O–H groups in total. The van der Waals surface area contributed by atoms with Gasteiger partial charge >= 0.3 is 5.97 Å². The van der Waals surface area contributed by atoms with Gasteiger partial charge in [0.2, 0.25) is 0 Å². The number of aliphatic carboxylic acids is 1. The third-order valence-corrected chi connectivity index (χ3v) is 4.50. The molecular formula is C15H19NO3. The summed E-state index contributed by atoms with van der Waals surface area (Å²) in [5.74, 6) is -0.609. The predicted molar refractivity (Wildman–Crippen MR) is 72.5 cm³/mol. The van der Waals surface area contributed by atoms with E-state index < -0.39 is 5.97 Å². The molecule has 1 aromatic carbocycles. The Labute approximate surface area is 113 Å². The average Bonchev–Trinajstić information content (AvgIpc) is 3.09. The van der Waals surface area contributed by atoms with Gasteiger partial charge in [0.1, 0.15) is 0 Å². The zero-order valence-corrected chi connectivity index (χ0v) is 11.3. The maximum Gasteiger partial charge on any atom is 0.306 e. The molecule has 19 heavy (non-hydrogen) atoms. The monoisotopic (exact) mass is 261 g/mol. The summed E-state index contributed by atoms with van der Waals surface area (Å²) in [4.78, 5) is 13.1. The van der Waals surface area contributed by atoms with E-state index in [9.17, 15) is 4.79 Å². The molecular weight excluding hydrogens is 242 g/mol. The number of ether oxygens (including phenoxy) is 1. The van der Waals surface area contributed by atoms with E-state index in [1.807, 2.05) is 14.1 Å². The summed E-state index contributed by atoms with van der Waals surface area (Å²) >= 11 is 0. The topological polar surface area (TPSA) is 49.8 Å². The Hall–Kier alpha value is -1.55. The van der Waals surface area contributed by atoms with Gasteiger partial charge in [0.05, 0.1) is 19.1 Å². The van der Waals surface area contributed by atoms with Gasteiger partial charge in [-0.15, -0.1) is 0 Å². The molecule has 2 atom stereocenters. The van der Waals surface area contributed by atoms with E-state index in [-0.39, 0.29) is 17.3 Å². The van der Waals surface area contributed by atoms with Crippen LogP contribution in [0.1, 0.15) is 12.0 Å². The summed E-state index contributed by atoms with van der Waals surface area (Å²) in [6, 6.07) is 8.42. The lowest BCUT2D eigenvalue weighted by molar-refractivity contribution is -0.140. The van der Waals surface area contributed by atoms with Crippen LogP contribution in [-0.4, -0.2) is 38.4 Å². The molecule has 0 bridgehead atoms. The molecule has 1 saturated heterocycles. The van der Waals surface area contributed by atoms with Crippen molar-refractivity contribution in [3.63, 3.8) is 0 Å². The molecule has 4 nitrogen and oxygen atoms in total. The summed E-state index contributed by atoms with van der Waals surface area (Å²) < 4.78 is 5.40. The van der Waals surface area contributed by atoms with Crippen LogP contribution in [0.4, 0.5) is 5.69 Å². The van der Waals surface area contributed by atoms with Crippen molar-refractivity contribution in [1.82, 2.24) is 0 Å². The number of hydrogen-bond donors (Lipinski definition) is 1. The zero-order chi connectivity index (χ0) is 13.6. The predicted octanol–water partition coefficient (Wildman–Crippen LogP) is 1.74. The molecule has 4 heteroatoms. The Bertz CT molecular complexity index is 491. The number of carboxylic acid groups (broad SMARTS) is 1. The van der Waals surface area contributed by atoms with Crippen molar-refractivity contribution in [2.24, 2.45) is 11.8 Å². The summed E-state index contributed by atoms with van der Waals surface area (Å²) in [5.41, 5.74) is 2.32. The highest BCUT2D eigenvalue weighted by atomic mass is 16.5. The number of carbonyl (C=O) groups is 1. The van der Waals surface area contributed by atoms with E-state index in [0.29, 0.717) is 13.2 Å². The largest absolute Gasteiger partial charge is 0.481 e. The lowest BCUT2D eigenvalue weighted by Crippen LogP contribution is -2.49. The zero-order valence-electron chi connectivity index (χ0n) is 11.3. The molecule has 0 aromatic heterocycles. The molecule has 1 aliphatic carbocycles. The lowest BCUT2D eigenvalue weighted by atomic mass is 9.73. The fraction of sp³-hybridized carbons (Fsp3) is 0.533. The van der Waals surface area contributed by atoms with Crippen molar-refractivity contribution in [3.8, 4) is 0 Å². The van der Waals surface area contributed by atoms with E-state index >= 15 is 0 Å². The number of hydrogen-bond acceptors (Lipinski definition) is 3. The Morgan fingerprint density at radius 2 is 1.95 bits per heavy atom. The van der Waals surface area contributed by atoms with Crippen LogP contribution in [0, 0.1) is 11.8 Å². The number of nitrogens with zero attached hydrogens (tertiary/aromatic N) is 1. The molecule has 0 amide bonds. The Morgan fingerprint density at radius 1 is 1.32 bits per heavy atom. The Balaban J connectivity index is 1.85. The Kier molecular flexibility index (Phi) is 2.78. The number of carboxylic acids is 1. The van der Waals surface area contributed by atoms with Gasteiger partial charge in [0, 0.05) is 25.2 Å². The highest BCUT2D eigenvalue weighted by molar-refractivity contribution is 5.74. The normalized spacial score (nSPS) is 27.5. The van der Waals surface area contributed by atoms with Gasteiger partial charge < -0.3 is 14.7 Å². The van der Waals surface area contributed by atoms with Crippen molar-refractivity contribution in [2.45, 2.75) is 11.8 Å². The fourth-order valence-corrected chi connectivity index (χ4v) is 3.09. The van der Waals surface area contributed by atoms with Crippen LogP contribution < -0.4 is 4.90 Å². The second-order valence-corrected chi connectivity index (χ2v) is 5.88. The summed E-state index contributed by atoms with van der Waals surface area (Å²) in [6.07, 6.45) is 0.786. The molecule has 102 valence electrons. The minimum atomic E-state index is -0.666. The summed E-state index contributed by atoms with van der Waals surface area (Å²) in [5, 5.41) is 9.12. The van der Waals surface area contributed by atoms with E-state index in [4.69, 9.17) is 9.84 Å². The SMILES string of the molecule is CN(C)c1ccc(C2(C3CC3C(=O)O)COC2)cc1.